The molecular weight excluding hydrogens is 376 g/mol. The SMILES string of the molecule is CC(C)CN(C(CCN)Cc1ccccc1)S(=O)(=O)c1ccc2c(c1)OCO2. The summed E-state index contributed by atoms with van der Waals surface area (Å²) >= 11 is 0. The average Bonchev–Trinajstić information content (AvgIpc) is 3.14. The molecule has 0 radical (unpaired) electrons. The van der Waals surface area contributed by atoms with Crippen molar-refractivity contribution in [1.29, 1.82) is 0 Å². The van der Waals surface area contributed by atoms with E-state index < -0.39 is 10.0 Å². The zero-order valence-corrected chi connectivity index (χ0v) is 17.2. The molecule has 0 aliphatic carbocycles. The maximum Gasteiger partial charge on any atom is 0.243 e. The molecule has 28 heavy (non-hydrogen) atoms. The van der Waals surface area contributed by atoms with Crippen molar-refractivity contribution in [2.24, 2.45) is 11.7 Å². The Morgan fingerprint density at radius 2 is 1.79 bits per heavy atom. The quantitative estimate of drug-likeness (QED) is 0.695. The molecule has 1 unspecified atom stereocenters. The van der Waals surface area contributed by atoms with Gasteiger partial charge in [0, 0.05) is 18.7 Å². The summed E-state index contributed by atoms with van der Waals surface area (Å²) in [6, 6.07) is 14.5. The van der Waals surface area contributed by atoms with Crippen molar-refractivity contribution in [1.82, 2.24) is 4.31 Å². The molecule has 6 nitrogen and oxygen atoms in total. The van der Waals surface area contributed by atoms with Gasteiger partial charge in [0.2, 0.25) is 16.8 Å². The fourth-order valence-electron chi connectivity index (χ4n) is 3.40. The van der Waals surface area contributed by atoms with E-state index in [4.69, 9.17) is 15.2 Å². The van der Waals surface area contributed by atoms with Gasteiger partial charge in [0.05, 0.1) is 4.90 Å². The second kappa shape index (κ2) is 8.94. The maximum atomic E-state index is 13.6. The third-order valence-corrected chi connectivity index (χ3v) is 6.63. The fourth-order valence-corrected chi connectivity index (χ4v) is 5.24. The first-order chi connectivity index (χ1) is 13.4. The summed E-state index contributed by atoms with van der Waals surface area (Å²) in [7, 11) is -3.72. The third-order valence-electron chi connectivity index (χ3n) is 4.72. The molecule has 1 atom stereocenters. The Bertz CT molecular complexity index is 885. The van der Waals surface area contributed by atoms with Gasteiger partial charge in [0.25, 0.3) is 0 Å². The van der Waals surface area contributed by atoms with E-state index in [0.29, 0.717) is 37.4 Å². The number of benzene rings is 2. The van der Waals surface area contributed by atoms with E-state index in [1.54, 1.807) is 22.5 Å². The van der Waals surface area contributed by atoms with Crippen LogP contribution in [0.25, 0.3) is 0 Å². The molecule has 0 spiro atoms. The van der Waals surface area contributed by atoms with E-state index >= 15 is 0 Å². The van der Waals surface area contributed by atoms with Gasteiger partial charge in [-0.05, 0) is 43.0 Å². The molecule has 1 aliphatic heterocycles. The molecule has 0 amide bonds. The number of nitrogens with two attached hydrogens (primary N) is 1. The fraction of sp³-hybridized carbons (Fsp3) is 0.429. The first kappa shape index (κ1) is 20.6. The van der Waals surface area contributed by atoms with Gasteiger partial charge in [0.15, 0.2) is 11.5 Å². The summed E-state index contributed by atoms with van der Waals surface area (Å²) in [6.07, 6.45) is 1.21. The Hall–Kier alpha value is -2.09. The number of hydrogen-bond acceptors (Lipinski definition) is 5. The Labute approximate surface area is 167 Å². The summed E-state index contributed by atoms with van der Waals surface area (Å²) in [4.78, 5) is 0.215. The minimum absolute atomic E-state index is 0.109. The van der Waals surface area contributed by atoms with E-state index in [2.05, 4.69) is 0 Å². The number of nitrogens with zero attached hydrogens (tertiary/aromatic N) is 1. The Morgan fingerprint density at radius 3 is 2.46 bits per heavy atom. The second-order valence-electron chi connectivity index (χ2n) is 7.40. The van der Waals surface area contributed by atoms with E-state index in [1.165, 1.54) is 0 Å². The van der Waals surface area contributed by atoms with Crippen LogP contribution >= 0.6 is 0 Å². The normalized spacial score (nSPS) is 14.6. The molecular formula is C21H28N2O4S. The van der Waals surface area contributed by atoms with Crippen LogP contribution in [0.15, 0.2) is 53.4 Å². The summed E-state index contributed by atoms with van der Waals surface area (Å²) in [5, 5.41) is 0. The molecule has 1 aliphatic rings. The lowest BCUT2D eigenvalue weighted by Crippen LogP contribution is -2.44. The Balaban J connectivity index is 1.96. The molecule has 0 aromatic heterocycles. The van der Waals surface area contributed by atoms with Crippen molar-refractivity contribution in [2.75, 3.05) is 19.9 Å². The summed E-state index contributed by atoms with van der Waals surface area (Å²) in [6.45, 7) is 4.99. The lowest BCUT2D eigenvalue weighted by Gasteiger charge is -2.32. The lowest BCUT2D eigenvalue weighted by atomic mass is 10.0. The highest BCUT2D eigenvalue weighted by Crippen LogP contribution is 2.35. The molecule has 2 N–H and O–H groups in total. The van der Waals surface area contributed by atoms with Crippen molar-refractivity contribution >= 4 is 10.0 Å². The second-order valence-corrected chi connectivity index (χ2v) is 9.30. The van der Waals surface area contributed by atoms with E-state index in [9.17, 15) is 8.42 Å². The van der Waals surface area contributed by atoms with Gasteiger partial charge in [-0.25, -0.2) is 8.42 Å². The van der Waals surface area contributed by atoms with Crippen LogP contribution in [0.2, 0.25) is 0 Å². The van der Waals surface area contributed by atoms with E-state index in [-0.39, 0.29) is 23.6 Å². The van der Waals surface area contributed by atoms with Crippen LogP contribution in [0.4, 0.5) is 0 Å². The van der Waals surface area contributed by atoms with E-state index in [1.807, 2.05) is 44.2 Å². The van der Waals surface area contributed by atoms with Crippen molar-refractivity contribution in [3.05, 3.63) is 54.1 Å². The summed E-state index contributed by atoms with van der Waals surface area (Å²) < 4.78 is 39.4. The molecule has 0 saturated heterocycles. The molecule has 152 valence electrons. The minimum Gasteiger partial charge on any atom is -0.454 e. The average molecular weight is 405 g/mol. The summed E-state index contributed by atoms with van der Waals surface area (Å²) in [5.74, 6) is 1.21. The van der Waals surface area contributed by atoms with Gasteiger partial charge in [-0.1, -0.05) is 44.2 Å². The van der Waals surface area contributed by atoms with Gasteiger partial charge in [-0.15, -0.1) is 0 Å². The van der Waals surface area contributed by atoms with Crippen LogP contribution in [-0.4, -0.2) is 38.6 Å². The first-order valence-corrected chi connectivity index (χ1v) is 11.0. The molecule has 2 aromatic carbocycles. The number of fused-ring (bicyclic) bond motifs is 1. The van der Waals surface area contributed by atoms with Gasteiger partial charge < -0.3 is 15.2 Å². The maximum absolute atomic E-state index is 13.6. The number of hydrogen-bond donors (Lipinski definition) is 1. The number of rotatable bonds is 9. The minimum atomic E-state index is -3.72. The first-order valence-electron chi connectivity index (χ1n) is 9.57. The zero-order chi connectivity index (χ0) is 20.1. The molecule has 0 fully saturated rings. The predicted octanol–water partition coefficient (Wildman–Crippen LogP) is 3.02. The smallest absolute Gasteiger partial charge is 0.243 e. The topological polar surface area (TPSA) is 81.9 Å². The monoisotopic (exact) mass is 404 g/mol. The molecule has 0 saturated carbocycles. The van der Waals surface area contributed by atoms with Crippen LogP contribution in [0.3, 0.4) is 0 Å². The highest BCUT2D eigenvalue weighted by Gasteiger charge is 2.33. The van der Waals surface area contributed by atoms with Crippen LogP contribution in [0.5, 0.6) is 11.5 Å². The Morgan fingerprint density at radius 1 is 1.07 bits per heavy atom. The van der Waals surface area contributed by atoms with Crippen molar-refractivity contribution in [3.8, 4) is 11.5 Å². The molecule has 7 heteroatoms. The van der Waals surface area contributed by atoms with Crippen molar-refractivity contribution in [2.45, 2.75) is 37.6 Å². The Kier molecular flexibility index (Phi) is 6.59. The predicted molar refractivity (Wildman–Crippen MR) is 109 cm³/mol. The van der Waals surface area contributed by atoms with E-state index in [0.717, 1.165) is 5.56 Å². The van der Waals surface area contributed by atoms with Gasteiger partial charge >= 0.3 is 0 Å². The number of ether oxygens (including phenoxy) is 2. The van der Waals surface area contributed by atoms with Crippen LogP contribution in [0.1, 0.15) is 25.8 Å². The van der Waals surface area contributed by atoms with Gasteiger partial charge in [-0.2, -0.15) is 4.31 Å². The van der Waals surface area contributed by atoms with Crippen molar-refractivity contribution in [3.63, 3.8) is 0 Å². The summed E-state index contributed by atoms with van der Waals surface area (Å²) in [5.41, 5.74) is 6.94. The van der Waals surface area contributed by atoms with Crippen molar-refractivity contribution < 1.29 is 17.9 Å². The third kappa shape index (κ3) is 4.66. The highest BCUT2D eigenvalue weighted by atomic mass is 32.2. The molecule has 3 rings (SSSR count). The van der Waals surface area contributed by atoms with Gasteiger partial charge in [0.1, 0.15) is 0 Å². The standard InChI is InChI=1S/C21H28N2O4S/c1-16(2)14-23(18(10-11-22)12-17-6-4-3-5-7-17)28(24,25)19-8-9-20-21(13-19)27-15-26-20/h3-9,13,16,18H,10-12,14-15,22H2,1-2H3. The van der Waals surface area contributed by atoms with Gasteiger partial charge in [-0.3, -0.25) is 0 Å². The lowest BCUT2D eigenvalue weighted by molar-refractivity contribution is 0.174. The van der Waals surface area contributed by atoms with Crippen LogP contribution < -0.4 is 15.2 Å². The highest BCUT2D eigenvalue weighted by molar-refractivity contribution is 7.89. The zero-order valence-electron chi connectivity index (χ0n) is 16.4. The van der Waals surface area contributed by atoms with Crippen LogP contribution in [-0.2, 0) is 16.4 Å². The molecule has 1 heterocycles. The van der Waals surface area contributed by atoms with Crippen LogP contribution in [0, 0.1) is 5.92 Å². The molecule has 0 bridgehead atoms. The largest absolute Gasteiger partial charge is 0.454 e. The number of sulfonamides is 1. The molecule has 2 aromatic rings.